The minimum absolute atomic E-state index is 0.160. The van der Waals surface area contributed by atoms with E-state index in [4.69, 9.17) is 10.5 Å². The molecular formula is C29H33FN3OP. The summed E-state index contributed by atoms with van der Waals surface area (Å²) >= 11 is 0. The van der Waals surface area contributed by atoms with Gasteiger partial charge in [-0.2, -0.15) is 0 Å². The van der Waals surface area contributed by atoms with Gasteiger partial charge in [-0.3, -0.25) is 14.3 Å². The molecule has 1 saturated heterocycles. The number of likely N-dealkylation sites (tertiary alicyclic amines) is 1. The molecule has 3 aromatic rings. The van der Waals surface area contributed by atoms with Crippen molar-refractivity contribution in [2.75, 3.05) is 32.0 Å². The smallest absolute Gasteiger partial charge is 0.119 e. The summed E-state index contributed by atoms with van der Waals surface area (Å²) in [5.41, 5.74) is 14.5. The second kappa shape index (κ2) is 10.9. The number of ether oxygens (including phenoxy) is 1. The van der Waals surface area contributed by atoms with Crippen molar-refractivity contribution < 1.29 is 9.13 Å². The first kappa shape index (κ1) is 24.0. The predicted molar refractivity (Wildman–Crippen MR) is 146 cm³/mol. The van der Waals surface area contributed by atoms with Crippen LogP contribution in [0.1, 0.15) is 47.9 Å². The van der Waals surface area contributed by atoms with Crippen LogP contribution in [-0.2, 0) is 6.42 Å². The first-order valence-corrected chi connectivity index (χ1v) is 13.1. The number of nitrogens with zero attached hydrogens (tertiary/aromatic N) is 2. The molecule has 2 aromatic carbocycles. The summed E-state index contributed by atoms with van der Waals surface area (Å²) < 4.78 is 18.8. The average Bonchev–Trinajstić information content (AvgIpc) is 3.22. The number of anilines is 1. The lowest BCUT2D eigenvalue weighted by atomic mass is 9.88. The van der Waals surface area contributed by atoms with E-state index in [1.54, 1.807) is 0 Å². The Morgan fingerprint density at radius 1 is 1.09 bits per heavy atom. The molecule has 2 N–H and O–H groups in total. The van der Waals surface area contributed by atoms with E-state index in [-0.39, 0.29) is 12.8 Å². The molecule has 6 heteroatoms. The lowest BCUT2D eigenvalue weighted by molar-refractivity contribution is 0.198. The second-order valence-electron chi connectivity index (χ2n) is 9.48. The summed E-state index contributed by atoms with van der Waals surface area (Å²) in [4.78, 5) is 6.59. The van der Waals surface area contributed by atoms with Gasteiger partial charge in [0.1, 0.15) is 11.9 Å². The molecule has 2 aliphatic rings. The highest BCUT2D eigenvalue weighted by Crippen LogP contribution is 2.40. The fourth-order valence-corrected chi connectivity index (χ4v) is 5.72. The Bertz CT molecular complexity index is 1210. The van der Waals surface area contributed by atoms with E-state index in [1.165, 1.54) is 33.4 Å². The van der Waals surface area contributed by atoms with Gasteiger partial charge < -0.3 is 10.5 Å². The van der Waals surface area contributed by atoms with Crippen LogP contribution < -0.4 is 15.8 Å². The zero-order valence-electron chi connectivity index (χ0n) is 20.1. The van der Waals surface area contributed by atoms with Gasteiger partial charge in [0.2, 0.25) is 0 Å². The molecule has 1 aliphatic carbocycles. The number of hydrogen-bond acceptors (Lipinski definition) is 4. The monoisotopic (exact) mass is 489 g/mol. The minimum Gasteiger partial charge on any atom is -0.489 e. The zero-order valence-corrected chi connectivity index (χ0v) is 21.2. The molecule has 0 saturated carbocycles. The maximum absolute atomic E-state index is 12.5. The van der Waals surface area contributed by atoms with Gasteiger partial charge in [-0.15, -0.1) is 9.24 Å². The van der Waals surface area contributed by atoms with E-state index >= 15 is 0 Å². The lowest BCUT2D eigenvalue weighted by Gasteiger charge is -2.19. The average molecular weight is 490 g/mol. The number of pyridine rings is 1. The Kier molecular flexibility index (Phi) is 7.46. The van der Waals surface area contributed by atoms with Crippen LogP contribution in [0.4, 0.5) is 10.1 Å². The minimum atomic E-state index is -0.255. The van der Waals surface area contributed by atoms with E-state index in [0.717, 1.165) is 62.1 Å². The third-order valence-corrected chi connectivity index (χ3v) is 7.49. The summed E-state index contributed by atoms with van der Waals surface area (Å²) in [6.45, 7) is 2.39. The van der Waals surface area contributed by atoms with Gasteiger partial charge in [-0.25, -0.2) is 0 Å². The summed E-state index contributed by atoms with van der Waals surface area (Å²) in [5, 5.41) is 1.11. The third-order valence-electron chi connectivity index (χ3n) is 7.03. The first-order valence-electron chi connectivity index (χ1n) is 12.5. The molecule has 1 unspecified atom stereocenters. The number of benzene rings is 2. The Balaban J connectivity index is 1.47. The van der Waals surface area contributed by atoms with Gasteiger partial charge in [0.15, 0.2) is 0 Å². The standard InChI is InChI=1S/C29H33FN3OP/c30-13-2-15-33-16-12-24(19-33)34-23-8-5-20(6-9-23)29-25-10-7-22(31)17-21(25)3-1-4-27(29)26-11-14-32-18-28(26)35/h5-11,14,17-18,24H,1-4,12-13,15-16,19,31,35H2/t24-/m0/s1. The fraction of sp³-hybridized carbons (Fsp3) is 0.345. The van der Waals surface area contributed by atoms with E-state index in [9.17, 15) is 4.39 Å². The van der Waals surface area contributed by atoms with Crippen molar-refractivity contribution >= 4 is 31.4 Å². The Hall–Kier alpha value is -2.75. The number of nitrogen functional groups attached to an aromatic ring is 1. The van der Waals surface area contributed by atoms with E-state index in [1.807, 2.05) is 18.5 Å². The SMILES string of the molecule is Nc1ccc2c(c1)CCCC(c1ccncc1P)=C2c1ccc(O[C@H]2CCN(CCCF)C2)cc1. The van der Waals surface area contributed by atoms with Gasteiger partial charge >= 0.3 is 0 Å². The van der Waals surface area contributed by atoms with Gasteiger partial charge in [0.05, 0.1) is 6.67 Å². The number of alkyl halides is 1. The lowest BCUT2D eigenvalue weighted by Crippen LogP contribution is -2.26. The van der Waals surface area contributed by atoms with E-state index < -0.39 is 0 Å². The number of allylic oxidation sites excluding steroid dienone is 1. The molecule has 1 fully saturated rings. The maximum atomic E-state index is 12.5. The van der Waals surface area contributed by atoms with Crippen LogP contribution in [0.5, 0.6) is 5.75 Å². The molecular weight excluding hydrogens is 456 g/mol. The van der Waals surface area contributed by atoms with E-state index in [2.05, 4.69) is 61.6 Å². The van der Waals surface area contributed by atoms with Gasteiger partial charge in [-0.05, 0) is 101 Å². The Morgan fingerprint density at radius 3 is 2.74 bits per heavy atom. The van der Waals surface area contributed by atoms with Crippen LogP contribution in [0.2, 0.25) is 0 Å². The van der Waals surface area contributed by atoms with Crippen molar-refractivity contribution in [2.24, 2.45) is 0 Å². The van der Waals surface area contributed by atoms with Crippen molar-refractivity contribution in [3.05, 3.63) is 83.2 Å². The molecule has 5 rings (SSSR count). The number of fused-ring (bicyclic) bond motifs is 1. The molecule has 4 nitrogen and oxygen atoms in total. The van der Waals surface area contributed by atoms with Crippen LogP contribution >= 0.6 is 9.24 Å². The quantitative estimate of drug-likeness (QED) is 0.363. The molecule has 182 valence electrons. The molecule has 35 heavy (non-hydrogen) atoms. The highest BCUT2D eigenvalue weighted by atomic mass is 31.0. The molecule has 1 aromatic heterocycles. The Morgan fingerprint density at radius 2 is 1.94 bits per heavy atom. The summed E-state index contributed by atoms with van der Waals surface area (Å²) in [7, 11) is 2.84. The number of hydrogen-bond donors (Lipinski definition) is 1. The van der Waals surface area contributed by atoms with Crippen LogP contribution in [0.15, 0.2) is 60.9 Å². The molecule has 0 spiro atoms. The van der Waals surface area contributed by atoms with Gasteiger partial charge in [0, 0.05) is 37.7 Å². The van der Waals surface area contributed by atoms with Gasteiger partial charge in [0.25, 0.3) is 0 Å². The highest BCUT2D eigenvalue weighted by molar-refractivity contribution is 7.27. The van der Waals surface area contributed by atoms with Crippen molar-refractivity contribution in [3.63, 3.8) is 0 Å². The number of nitrogens with two attached hydrogens (primary N) is 1. The predicted octanol–water partition coefficient (Wildman–Crippen LogP) is 5.27. The number of halogens is 1. The normalized spacial score (nSPS) is 18.4. The van der Waals surface area contributed by atoms with Crippen LogP contribution in [0.25, 0.3) is 11.1 Å². The van der Waals surface area contributed by atoms with Crippen LogP contribution in [0.3, 0.4) is 0 Å². The van der Waals surface area contributed by atoms with Crippen molar-refractivity contribution in [1.29, 1.82) is 0 Å². The number of rotatable bonds is 7. The number of aryl methyl sites for hydroxylation is 1. The van der Waals surface area contributed by atoms with Crippen molar-refractivity contribution in [2.45, 2.75) is 38.2 Å². The third kappa shape index (κ3) is 5.42. The van der Waals surface area contributed by atoms with Crippen LogP contribution in [-0.4, -0.2) is 42.3 Å². The largest absolute Gasteiger partial charge is 0.489 e. The van der Waals surface area contributed by atoms with Crippen molar-refractivity contribution in [3.8, 4) is 5.75 Å². The van der Waals surface area contributed by atoms with E-state index in [0.29, 0.717) is 6.42 Å². The summed E-state index contributed by atoms with van der Waals surface area (Å²) in [5.74, 6) is 0.884. The molecule has 0 radical (unpaired) electrons. The van der Waals surface area contributed by atoms with Gasteiger partial charge in [-0.1, -0.05) is 18.2 Å². The molecule has 1 aliphatic heterocycles. The fourth-order valence-electron chi connectivity index (χ4n) is 5.36. The second-order valence-corrected chi connectivity index (χ2v) is 10.1. The maximum Gasteiger partial charge on any atom is 0.119 e. The highest BCUT2D eigenvalue weighted by Gasteiger charge is 2.24. The van der Waals surface area contributed by atoms with Crippen molar-refractivity contribution in [1.82, 2.24) is 9.88 Å². The van der Waals surface area contributed by atoms with Crippen LogP contribution in [0, 0.1) is 0 Å². The molecule has 0 amide bonds. The number of aromatic nitrogens is 1. The summed E-state index contributed by atoms with van der Waals surface area (Å²) in [6, 6.07) is 16.9. The summed E-state index contributed by atoms with van der Waals surface area (Å²) in [6.07, 6.45) is 8.60. The topological polar surface area (TPSA) is 51.4 Å². The molecule has 2 atom stereocenters. The molecule has 0 bridgehead atoms. The Labute approximate surface area is 209 Å². The first-order chi connectivity index (χ1) is 17.1. The molecule has 2 heterocycles. The zero-order chi connectivity index (χ0) is 24.2.